The predicted molar refractivity (Wildman–Crippen MR) is 95.9 cm³/mol. The minimum absolute atomic E-state index is 0.259. The first-order valence-electron chi connectivity index (χ1n) is 7.25. The van der Waals surface area contributed by atoms with E-state index in [1.165, 1.54) is 0 Å². The van der Waals surface area contributed by atoms with Crippen molar-refractivity contribution in [3.63, 3.8) is 0 Å². The Hall–Kier alpha value is -1.99. The van der Waals surface area contributed by atoms with Gasteiger partial charge in [0.1, 0.15) is 5.69 Å². The lowest BCUT2D eigenvalue weighted by Crippen LogP contribution is -2.22. The summed E-state index contributed by atoms with van der Waals surface area (Å²) < 4.78 is 1.00. The highest BCUT2D eigenvalue weighted by Gasteiger charge is 2.10. The van der Waals surface area contributed by atoms with Crippen LogP contribution in [0, 0.1) is 6.92 Å². The van der Waals surface area contributed by atoms with Crippen molar-refractivity contribution >= 4 is 33.5 Å². The number of carbonyl (C=O) groups excluding carboxylic acids is 1. The smallest absolute Gasteiger partial charge is 0.274 e. The lowest BCUT2D eigenvalue weighted by Gasteiger charge is -2.11. The lowest BCUT2D eigenvalue weighted by atomic mass is 10.2. The number of hydrogen-bond donors (Lipinski definition) is 2. The molecule has 1 aromatic heterocycles. The van der Waals surface area contributed by atoms with Gasteiger partial charge in [0, 0.05) is 29.4 Å². The third-order valence-corrected chi connectivity index (χ3v) is 4.04. The van der Waals surface area contributed by atoms with E-state index in [-0.39, 0.29) is 5.91 Å². The fourth-order valence-corrected chi connectivity index (χ4v) is 2.13. The Kier molecular flexibility index (Phi) is 6.06. The molecular formula is C16H20BrN5O. The number of rotatable bonds is 6. The number of carbonyl (C=O) groups is 1. The number of aromatic nitrogens is 2. The summed E-state index contributed by atoms with van der Waals surface area (Å²) in [6, 6.07) is 7.24. The summed E-state index contributed by atoms with van der Waals surface area (Å²) in [4.78, 5) is 22.7. The van der Waals surface area contributed by atoms with E-state index in [1.54, 1.807) is 12.3 Å². The molecule has 0 saturated carbocycles. The van der Waals surface area contributed by atoms with Crippen molar-refractivity contribution in [3.05, 3.63) is 46.2 Å². The molecule has 2 rings (SSSR count). The van der Waals surface area contributed by atoms with Gasteiger partial charge < -0.3 is 15.5 Å². The summed E-state index contributed by atoms with van der Waals surface area (Å²) in [5, 5.41) is 5.94. The molecule has 1 amide bonds. The van der Waals surface area contributed by atoms with Crippen molar-refractivity contribution in [1.29, 1.82) is 0 Å². The summed E-state index contributed by atoms with van der Waals surface area (Å²) in [7, 11) is 3.99. The van der Waals surface area contributed by atoms with Crippen LogP contribution < -0.4 is 10.6 Å². The molecule has 0 aliphatic heterocycles. The molecular weight excluding hydrogens is 358 g/mol. The molecule has 0 unspecified atom stereocenters. The highest BCUT2D eigenvalue weighted by molar-refractivity contribution is 9.10. The van der Waals surface area contributed by atoms with Crippen LogP contribution in [-0.2, 0) is 0 Å². The van der Waals surface area contributed by atoms with Crippen LogP contribution in [0.15, 0.2) is 34.9 Å². The largest absolute Gasteiger partial charge is 0.353 e. The van der Waals surface area contributed by atoms with Crippen LogP contribution in [0.2, 0.25) is 0 Å². The van der Waals surface area contributed by atoms with Crippen LogP contribution in [0.5, 0.6) is 0 Å². The van der Waals surface area contributed by atoms with Crippen molar-refractivity contribution < 1.29 is 4.79 Å². The molecule has 0 spiro atoms. The maximum atomic E-state index is 12.3. The molecule has 0 fully saturated rings. The summed E-state index contributed by atoms with van der Waals surface area (Å²) in [5.41, 5.74) is 2.11. The number of likely N-dealkylation sites (N-methyl/N-ethyl adjacent to an activating group) is 1. The van der Waals surface area contributed by atoms with Gasteiger partial charge in [-0.2, -0.15) is 0 Å². The molecule has 0 bridgehead atoms. The Bertz CT molecular complexity index is 690. The fraction of sp³-hybridized carbons (Fsp3) is 0.312. The van der Waals surface area contributed by atoms with Crippen molar-refractivity contribution in [2.75, 3.05) is 37.8 Å². The van der Waals surface area contributed by atoms with Gasteiger partial charge in [-0.15, -0.1) is 0 Å². The zero-order valence-corrected chi connectivity index (χ0v) is 15.0. The molecule has 23 heavy (non-hydrogen) atoms. The summed E-state index contributed by atoms with van der Waals surface area (Å²) in [6.45, 7) is 3.54. The molecule has 7 heteroatoms. The maximum Gasteiger partial charge on any atom is 0.274 e. The highest BCUT2D eigenvalue weighted by atomic mass is 79.9. The van der Waals surface area contributed by atoms with Crippen LogP contribution in [-0.4, -0.2) is 48.0 Å². The van der Waals surface area contributed by atoms with Crippen LogP contribution in [0.25, 0.3) is 0 Å². The molecule has 0 atom stereocenters. The van der Waals surface area contributed by atoms with Crippen molar-refractivity contribution in [2.24, 2.45) is 0 Å². The highest BCUT2D eigenvalue weighted by Crippen LogP contribution is 2.20. The number of amides is 1. The third kappa shape index (κ3) is 5.30. The Labute approximate surface area is 144 Å². The first-order valence-corrected chi connectivity index (χ1v) is 8.04. The monoisotopic (exact) mass is 377 g/mol. The van der Waals surface area contributed by atoms with Crippen LogP contribution in [0.4, 0.5) is 11.6 Å². The average molecular weight is 378 g/mol. The zero-order valence-electron chi connectivity index (χ0n) is 13.4. The third-order valence-electron chi connectivity index (χ3n) is 3.15. The van der Waals surface area contributed by atoms with E-state index in [2.05, 4.69) is 41.4 Å². The minimum atomic E-state index is -0.259. The van der Waals surface area contributed by atoms with Crippen LogP contribution in [0.3, 0.4) is 0 Å². The van der Waals surface area contributed by atoms with Gasteiger partial charge in [-0.3, -0.25) is 4.79 Å². The number of nitrogens with one attached hydrogen (secondary N) is 2. The van der Waals surface area contributed by atoms with E-state index >= 15 is 0 Å². The molecule has 122 valence electrons. The zero-order chi connectivity index (χ0) is 16.8. The quantitative estimate of drug-likeness (QED) is 0.809. The van der Waals surface area contributed by atoms with Crippen molar-refractivity contribution in [2.45, 2.75) is 6.92 Å². The molecule has 0 aliphatic carbocycles. The van der Waals surface area contributed by atoms with Gasteiger partial charge in [0.2, 0.25) is 5.95 Å². The molecule has 0 saturated heterocycles. The summed E-state index contributed by atoms with van der Waals surface area (Å²) in [5.74, 6) is 0.191. The number of benzene rings is 1. The van der Waals surface area contributed by atoms with E-state index in [0.29, 0.717) is 18.2 Å². The van der Waals surface area contributed by atoms with E-state index in [4.69, 9.17) is 0 Å². The second-order valence-electron chi connectivity index (χ2n) is 5.41. The van der Waals surface area contributed by atoms with Crippen LogP contribution >= 0.6 is 15.9 Å². The summed E-state index contributed by atoms with van der Waals surface area (Å²) >= 11 is 3.44. The first-order chi connectivity index (χ1) is 11.0. The first kappa shape index (κ1) is 17.4. The Morgan fingerprint density at radius 2 is 2.09 bits per heavy atom. The lowest BCUT2D eigenvalue weighted by molar-refractivity contribution is 0.102. The van der Waals surface area contributed by atoms with E-state index in [1.807, 2.05) is 39.2 Å². The van der Waals surface area contributed by atoms with Gasteiger partial charge >= 0.3 is 0 Å². The van der Waals surface area contributed by atoms with Gasteiger partial charge in [-0.25, -0.2) is 9.97 Å². The summed E-state index contributed by atoms with van der Waals surface area (Å²) in [6.07, 6.45) is 1.58. The molecule has 2 N–H and O–H groups in total. The number of anilines is 2. The molecule has 0 aliphatic rings. The van der Waals surface area contributed by atoms with Gasteiger partial charge in [0.15, 0.2) is 0 Å². The molecule has 1 aromatic carbocycles. The number of aryl methyl sites for hydroxylation is 1. The fourth-order valence-electron chi connectivity index (χ4n) is 1.88. The van der Waals surface area contributed by atoms with E-state index < -0.39 is 0 Å². The van der Waals surface area contributed by atoms with E-state index in [9.17, 15) is 4.79 Å². The second kappa shape index (κ2) is 8.03. The Morgan fingerprint density at radius 1 is 1.30 bits per heavy atom. The van der Waals surface area contributed by atoms with Crippen LogP contribution in [0.1, 0.15) is 16.1 Å². The minimum Gasteiger partial charge on any atom is -0.353 e. The SMILES string of the molecule is Cc1cc(NC(=O)c2ccnc(NCCN(C)C)n2)ccc1Br. The van der Waals surface area contributed by atoms with Gasteiger partial charge in [0.05, 0.1) is 0 Å². The van der Waals surface area contributed by atoms with Gasteiger partial charge in [-0.1, -0.05) is 15.9 Å². The molecule has 0 radical (unpaired) electrons. The number of hydrogen-bond acceptors (Lipinski definition) is 5. The van der Waals surface area contributed by atoms with Crippen molar-refractivity contribution in [1.82, 2.24) is 14.9 Å². The normalized spacial score (nSPS) is 10.7. The van der Waals surface area contributed by atoms with E-state index in [0.717, 1.165) is 22.3 Å². The molecule has 1 heterocycles. The standard InChI is InChI=1S/C16H20BrN5O/c1-11-10-12(4-5-13(11)17)20-15(23)14-6-7-18-16(21-14)19-8-9-22(2)3/h4-7,10H,8-9H2,1-3H3,(H,20,23)(H,18,19,21). The predicted octanol–water partition coefficient (Wildman–Crippen LogP) is 2.77. The van der Waals surface area contributed by atoms with Gasteiger partial charge in [0.25, 0.3) is 5.91 Å². The average Bonchev–Trinajstić information content (AvgIpc) is 2.51. The van der Waals surface area contributed by atoms with Crippen molar-refractivity contribution in [3.8, 4) is 0 Å². The second-order valence-corrected chi connectivity index (χ2v) is 6.27. The number of nitrogens with zero attached hydrogens (tertiary/aromatic N) is 3. The Morgan fingerprint density at radius 3 is 2.78 bits per heavy atom. The molecule has 2 aromatic rings. The topological polar surface area (TPSA) is 70.2 Å². The number of halogens is 1. The Balaban J connectivity index is 2.02. The molecule has 6 nitrogen and oxygen atoms in total. The van der Waals surface area contributed by atoms with Gasteiger partial charge in [-0.05, 0) is 50.8 Å². The maximum absolute atomic E-state index is 12.3.